The highest BCUT2D eigenvalue weighted by molar-refractivity contribution is 8.00. The highest BCUT2D eigenvalue weighted by Crippen LogP contribution is 2.40. The van der Waals surface area contributed by atoms with Crippen LogP contribution >= 0.6 is 23.1 Å². The topological polar surface area (TPSA) is 54.9 Å². The van der Waals surface area contributed by atoms with Gasteiger partial charge < -0.3 is 5.32 Å². The summed E-state index contributed by atoms with van der Waals surface area (Å²) in [6.07, 6.45) is 7.65. The van der Waals surface area contributed by atoms with Crippen LogP contribution in [0.1, 0.15) is 36.6 Å². The lowest BCUT2D eigenvalue weighted by molar-refractivity contribution is -0.119. The van der Waals surface area contributed by atoms with E-state index in [1.54, 1.807) is 29.4 Å². The van der Waals surface area contributed by atoms with E-state index in [0.717, 1.165) is 16.3 Å². The van der Waals surface area contributed by atoms with Crippen LogP contribution < -0.4 is 5.32 Å². The summed E-state index contributed by atoms with van der Waals surface area (Å²) in [4.78, 5) is 23.5. The van der Waals surface area contributed by atoms with Gasteiger partial charge in [0.15, 0.2) is 0 Å². The van der Waals surface area contributed by atoms with Crippen molar-refractivity contribution < 1.29 is 4.79 Å². The summed E-state index contributed by atoms with van der Waals surface area (Å²) in [5.74, 6) is 1.25. The zero-order valence-corrected chi connectivity index (χ0v) is 14.2. The smallest absolute Gasteiger partial charge is 0.230 e. The van der Waals surface area contributed by atoms with Crippen molar-refractivity contribution in [3.63, 3.8) is 0 Å². The van der Waals surface area contributed by atoms with Gasteiger partial charge in [-0.25, -0.2) is 9.97 Å². The van der Waals surface area contributed by atoms with E-state index >= 15 is 0 Å². The molecule has 0 saturated heterocycles. The van der Waals surface area contributed by atoms with Crippen molar-refractivity contribution in [2.45, 2.75) is 50.1 Å². The Morgan fingerprint density at radius 2 is 2.32 bits per heavy atom. The minimum Gasteiger partial charge on any atom is -0.353 e. The molecule has 1 N–H and O–H groups in total. The van der Waals surface area contributed by atoms with Crippen molar-refractivity contribution in [3.05, 3.63) is 16.8 Å². The Hall–Kier alpha value is -1.14. The molecule has 1 fully saturated rings. The van der Waals surface area contributed by atoms with Crippen LogP contribution in [0.4, 0.5) is 0 Å². The number of carbonyl (C=O) groups is 1. The van der Waals surface area contributed by atoms with E-state index in [2.05, 4.69) is 22.2 Å². The second kappa shape index (κ2) is 5.81. The predicted molar refractivity (Wildman–Crippen MR) is 90.5 cm³/mol. The van der Waals surface area contributed by atoms with Crippen LogP contribution in [-0.4, -0.2) is 27.7 Å². The number of nitrogens with one attached hydrogen (secondary N) is 1. The SMILES string of the molecule is C[C@@H](NC(=O)CSc1ncnc2sc3c(c12)CCC3)C1CC1. The first kappa shape index (κ1) is 14.5. The van der Waals surface area contributed by atoms with Gasteiger partial charge in [-0.1, -0.05) is 11.8 Å². The summed E-state index contributed by atoms with van der Waals surface area (Å²) in [7, 11) is 0. The molecule has 0 spiro atoms. The number of carbonyl (C=O) groups excluding carboxylic acids is 1. The monoisotopic (exact) mass is 333 g/mol. The van der Waals surface area contributed by atoms with Gasteiger partial charge in [-0.05, 0) is 50.5 Å². The number of hydrogen-bond acceptors (Lipinski definition) is 5. The van der Waals surface area contributed by atoms with Crippen molar-refractivity contribution in [2.75, 3.05) is 5.75 Å². The van der Waals surface area contributed by atoms with Gasteiger partial charge in [0.1, 0.15) is 16.2 Å². The average Bonchev–Trinajstić information content (AvgIpc) is 3.16. The number of nitrogens with zero attached hydrogens (tertiary/aromatic N) is 2. The highest BCUT2D eigenvalue weighted by atomic mass is 32.2. The van der Waals surface area contributed by atoms with E-state index in [1.807, 2.05) is 0 Å². The van der Waals surface area contributed by atoms with Crippen molar-refractivity contribution in [3.8, 4) is 0 Å². The number of amides is 1. The molecule has 1 saturated carbocycles. The lowest BCUT2D eigenvalue weighted by Crippen LogP contribution is -2.35. The van der Waals surface area contributed by atoms with Crippen LogP contribution in [0.3, 0.4) is 0 Å². The zero-order chi connectivity index (χ0) is 15.1. The second-order valence-corrected chi connectivity index (χ2v) is 8.25. The van der Waals surface area contributed by atoms with E-state index < -0.39 is 0 Å². The molecule has 0 aromatic carbocycles. The number of thioether (sulfide) groups is 1. The maximum atomic E-state index is 12.1. The highest BCUT2D eigenvalue weighted by Gasteiger charge is 2.29. The molecule has 2 heterocycles. The minimum absolute atomic E-state index is 0.114. The zero-order valence-electron chi connectivity index (χ0n) is 12.6. The molecule has 0 aliphatic heterocycles. The molecule has 1 atom stereocenters. The molecule has 2 aromatic heterocycles. The molecule has 116 valence electrons. The molecular formula is C16H19N3OS2. The fourth-order valence-electron chi connectivity index (χ4n) is 3.15. The first-order valence-electron chi connectivity index (χ1n) is 7.90. The molecule has 2 aromatic rings. The minimum atomic E-state index is 0.114. The summed E-state index contributed by atoms with van der Waals surface area (Å²) in [6, 6.07) is 0.309. The van der Waals surface area contributed by atoms with E-state index in [4.69, 9.17) is 0 Å². The van der Waals surface area contributed by atoms with Gasteiger partial charge in [0.05, 0.1) is 5.75 Å². The van der Waals surface area contributed by atoms with Crippen LogP contribution in [-0.2, 0) is 17.6 Å². The summed E-state index contributed by atoms with van der Waals surface area (Å²) in [5.41, 5.74) is 1.43. The Labute approximate surface area is 138 Å². The third-order valence-corrected chi connectivity index (χ3v) is 6.71. The second-order valence-electron chi connectivity index (χ2n) is 6.20. The van der Waals surface area contributed by atoms with Crippen molar-refractivity contribution in [1.29, 1.82) is 0 Å². The molecule has 6 heteroatoms. The van der Waals surface area contributed by atoms with Crippen LogP contribution in [0.2, 0.25) is 0 Å². The van der Waals surface area contributed by atoms with Crippen LogP contribution in [0.25, 0.3) is 10.2 Å². The lowest BCUT2D eigenvalue weighted by atomic mass is 10.2. The number of hydrogen-bond donors (Lipinski definition) is 1. The summed E-state index contributed by atoms with van der Waals surface area (Å²) < 4.78 is 0. The molecule has 22 heavy (non-hydrogen) atoms. The number of rotatable bonds is 5. The molecule has 0 radical (unpaired) electrons. The molecule has 2 aliphatic rings. The quantitative estimate of drug-likeness (QED) is 0.674. The summed E-state index contributed by atoms with van der Waals surface area (Å²) in [5, 5.41) is 5.28. The van der Waals surface area contributed by atoms with Gasteiger partial charge in [0.25, 0.3) is 0 Å². The van der Waals surface area contributed by atoms with E-state index in [1.165, 1.54) is 41.5 Å². The predicted octanol–water partition coefficient (Wildman–Crippen LogP) is 3.19. The number of aryl methyl sites for hydroxylation is 2. The average molecular weight is 333 g/mol. The molecule has 0 unspecified atom stereocenters. The molecule has 4 nitrogen and oxygen atoms in total. The lowest BCUT2D eigenvalue weighted by Gasteiger charge is -2.12. The Balaban J connectivity index is 1.48. The van der Waals surface area contributed by atoms with Crippen LogP contribution in [0.5, 0.6) is 0 Å². The third-order valence-electron chi connectivity index (χ3n) is 4.52. The maximum Gasteiger partial charge on any atom is 0.230 e. The first-order chi connectivity index (χ1) is 10.7. The Morgan fingerprint density at radius 1 is 1.45 bits per heavy atom. The van der Waals surface area contributed by atoms with Crippen molar-refractivity contribution in [1.82, 2.24) is 15.3 Å². The molecular weight excluding hydrogens is 314 g/mol. The standard InChI is InChI=1S/C16H19N3OS2/c1-9(10-5-6-10)19-13(20)7-21-15-14-11-3-2-4-12(11)22-16(14)18-8-17-15/h8-10H,2-7H2,1H3,(H,19,20)/t9-/m1/s1. The first-order valence-corrected chi connectivity index (χ1v) is 9.70. The Morgan fingerprint density at radius 3 is 3.14 bits per heavy atom. The van der Waals surface area contributed by atoms with Crippen LogP contribution in [0.15, 0.2) is 11.4 Å². The van der Waals surface area contributed by atoms with Gasteiger partial charge in [0, 0.05) is 16.3 Å². The summed E-state index contributed by atoms with van der Waals surface area (Å²) in [6.45, 7) is 2.11. The fraction of sp³-hybridized carbons (Fsp3) is 0.562. The van der Waals surface area contributed by atoms with Crippen molar-refractivity contribution in [2.24, 2.45) is 5.92 Å². The van der Waals surface area contributed by atoms with Gasteiger partial charge >= 0.3 is 0 Å². The molecule has 2 aliphatic carbocycles. The van der Waals surface area contributed by atoms with Gasteiger partial charge in [-0.3, -0.25) is 4.79 Å². The van der Waals surface area contributed by atoms with Gasteiger partial charge in [0.2, 0.25) is 5.91 Å². The molecule has 4 rings (SSSR count). The Bertz CT molecular complexity index is 723. The van der Waals surface area contributed by atoms with Gasteiger partial charge in [-0.15, -0.1) is 11.3 Å². The van der Waals surface area contributed by atoms with E-state index in [-0.39, 0.29) is 5.91 Å². The fourth-order valence-corrected chi connectivity index (χ4v) is 5.28. The third kappa shape index (κ3) is 2.74. The maximum absolute atomic E-state index is 12.1. The van der Waals surface area contributed by atoms with E-state index in [0.29, 0.717) is 17.7 Å². The largest absolute Gasteiger partial charge is 0.353 e. The van der Waals surface area contributed by atoms with Crippen LogP contribution in [0, 0.1) is 5.92 Å². The number of fused-ring (bicyclic) bond motifs is 3. The van der Waals surface area contributed by atoms with Crippen molar-refractivity contribution >= 4 is 39.2 Å². The summed E-state index contributed by atoms with van der Waals surface area (Å²) >= 11 is 3.34. The molecule has 1 amide bonds. The number of aromatic nitrogens is 2. The van der Waals surface area contributed by atoms with E-state index in [9.17, 15) is 4.79 Å². The Kier molecular flexibility index (Phi) is 3.82. The molecule has 0 bridgehead atoms. The van der Waals surface area contributed by atoms with Gasteiger partial charge in [-0.2, -0.15) is 0 Å². The normalized spacial score (nSPS) is 18.4. The number of thiophene rings is 1.